The lowest BCUT2D eigenvalue weighted by Gasteiger charge is -2.08. The summed E-state index contributed by atoms with van der Waals surface area (Å²) in [6, 6.07) is 29.3. The fourth-order valence-corrected chi connectivity index (χ4v) is 5.77. The molecule has 4 heterocycles. The average molecular weight is 745 g/mol. The van der Waals surface area contributed by atoms with Gasteiger partial charge in [-0.25, -0.2) is 28.8 Å². The molecule has 0 aliphatic rings. The van der Waals surface area contributed by atoms with Gasteiger partial charge in [-0.05, 0) is 59.7 Å². The Hall–Kier alpha value is -6.60. The monoisotopic (exact) mass is 743 g/mol. The van der Waals surface area contributed by atoms with Gasteiger partial charge in [0.2, 0.25) is 0 Å². The predicted octanol–water partition coefficient (Wildman–Crippen LogP) is 1.12. The Morgan fingerprint density at radius 1 is 0.627 bits per heavy atom. The van der Waals surface area contributed by atoms with Crippen LogP contribution >= 0.6 is 0 Å². The zero-order valence-corrected chi connectivity index (χ0v) is 29.1. The summed E-state index contributed by atoms with van der Waals surface area (Å²) in [5.74, 6) is -2.56. The molecule has 4 N–H and O–H groups in total. The van der Waals surface area contributed by atoms with Gasteiger partial charge in [0.15, 0.2) is 11.4 Å². The van der Waals surface area contributed by atoms with Crippen LogP contribution in [0.2, 0.25) is 0 Å². The molecule has 51 heavy (non-hydrogen) atoms. The number of phenols is 2. The van der Waals surface area contributed by atoms with Gasteiger partial charge < -0.3 is 27.2 Å². The highest BCUT2D eigenvalue weighted by atomic mass is 79.9. The SMILES string of the molecule is C[n+]1c(-c2ccc(/C=N/NC(=O)c3cc(O)c(C(=O)N/N=C/c4ccc(-c5cn6ccccc6[n+]5C)cc4)cc3O)cc2)cn2ccccc21.[Br-]. The molecule has 7 rings (SSSR count). The van der Waals surface area contributed by atoms with Crippen LogP contribution in [0.3, 0.4) is 0 Å². The van der Waals surface area contributed by atoms with E-state index in [1.165, 1.54) is 12.4 Å². The standard InChI is InChI=1S/C38H30N8O4.BrH/c1-43-31(23-45-17-5-3-7-35(43)45)27-13-9-25(10-14-27)21-39-41-37(49)29-19-34(48)30(20-33(29)47)38(50)42-40-22-26-11-15-28(16-12-26)32-24-46-18-6-4-8-36(46)44(32)2;/h3-24H,1-2H3,(H2-2,41,42,47,48,49,50);1H/p+1/b39-21+,40-22+;. The molecule has 0 saturated carbocycles. The molecule has 4 aromatic heterocycles. The van der Waals surface area contributed by atoms with E-state index in [9.17, 15) is 19.8 Å². The van der Waals surface area contributed by atoms with E-state index in [4.69, 9.17) is 0 Å². The quantitative estimate of drug-likeness (QED) is 0.0802. The number of fused-ring (bicyclic) bond motifs is 2. The number of carbonyl (C=O) groups is 2. The van der Waals surface area contributed by atoms with E-state index >= 15 is 0 Å². The number of aromatic hydroxyl groups is 2. The summed E-state index contributed by atoms with van der Waals surface area (Å²) in [5, 5.41) is 29.0. The fraction of sp³-hybridized carbons (Fsp3) is 0.0526. The molecular weight excluding hydrogens is 712 g/mol. The highest BCUT2D eigenvalue weighted by Crippen LogP contribution is 2.27. The lowest BCUT2D eigenvalue weighted by atomic mass is 10.1. The van der Waals surface area contributed by atoms with Crippen molar-refractivity contribution in [3.63, 3.8) is 0 Å². The van der Waals surface area contributed by atoms with Crippen LogP contribution in [0.1, 0.15) is 31.8 Å². The number of phenolic OH excluding ortho intramolecular Hbond substituents is 2. The molecule has 0 aliphatic carbocycles. The van der Waals surface area contributed by atoms with Crippen LogP contribution in [0, 0.1) is 0 Å². The van der Waals surface area contributed by atoms with Crippen molar-refractivity contribution >= 4 is 35.5 Å². The Balaban J connectivity index is 0.00000448. The zero-order chi connectivity index (χ0) is 34.8. The predicted molar refractivity (Wildman–Crippen MR) is 188 cm³/mol. The third-order valence-electron chi connectivity index (χ3n) is 8.44. The van der Waals surface area contributed by atoms with Crippen molar-refractivity contribution in [2.75, 3.05) is 0 Å². The van der Waals surface area contributed by atoms with Gasteiger partial charge in [0, 0.05) is 23.3 Å². The summed E-state index contributed by atoms with van der Waals surface area (Å²) in [5.41, 5.74) is 11.8. The van der Waals surface area contributed by atoms with Crippen LogP contribution in [-0.2, 0) is 14.1 Å². The lowest BCUT2D eigenvalue weighted by Crippen LogP contribution is -3.00. The van der Waals surface area contributed by atoms with E-state index < -0.39 is 23.3 Å². The van der Waals surface area contributed by atoms with Gasteiger partial charge in [-0.2, -0.15) is 10.2 Å². The molecule has 0 radical (unpaired) electrons. The number of imidazole rings is 2. The lowest BCUT2D eigenvalue weighted by molar-refractivity contribution is -0.633. The van der Waals surface area contributed by atoms with Crippen LogP contribution in [0.15, 0.2) is 132 Å². The number of hydrogen-bond acceptors (Lipinski definition) is 6. The second-order valence-corrected chi connectivity index (χ2v) is 11.6. The summed E-state index contributed by atoms with van der Waals surface area (Å²) < 4.78 is 8.29. The zero-order valence-electron chi connectivity index (χ0n) is 27.5. The van der Waals surface area contributed by atoms with Gasteiger partial charge >= 0.3 is 0 Å². The van der Waals surface area contributed by atoms with Gasteiger partial charge in [0.25, 0.3) is 23.1 Å². The first kappa shape index (κ1) is 34.3. The van der Waals surface area contributed by atoms with Gasteiger partial charge in [0.05, 0.1) is 50.0 Å². The van der Waals surface area contributed by atoms with E-state index in [-0.39, 0.29) is 28.1 Å². The largest absolute Gasteiger partial charge is 1.00 e. The summed E-state index contributed by atoms with van der Waals surface area (Å²) in [7, 11) is 4.01. The minimum atomic E-state index is -0.770. The van der Waals surface area contributed by atoms with E-state index in [2.05, 4.69) is 42.6 Å². The van der Waals surface area contributed by atoms with Crippen LogP contribution in [0.5, 0.6) is 11.5 Å². The van der Waals surface area contributed by atoms with E-state index in [1.54, 1.807) is 0 Å². The highest BCUT2D eigenvalue weighted by molar-refractivity contribution is 6.02. The first-order valence-electron chi connectivity index (χ1n) is 15.6. The van der Waals surface area contributed by atoms with Gasteiger partial charge in [0.1, 0.15) is 23.9 Å². The number of aryl methyl sites for hydroxylation is 2. The van der Waals surface area contributed by atoms with E-state index in [0.717, 1.165) is 57.1 Å². The van der Waals surface area contributed by atoms with Gasteiger partial charge in [-0.15, -0.1) is 0 Å². The number of amides is 2. The Kier molecular flexibility index (Phi) is 9.73. The topological polar surface area (TPSA) is 140 Å². The Morgan fingerprint density at radius 2 is 1.02 bits per heavy atom. The summed E-state index contributed by atoms with van der Waals surface area (Å²) in [6.07, 6.45) is 11.0. The summed E-state index contributed by atoms with van der Waals surface area (Å²) >= 11 is 0. The molecule has 0 unspecified atom stereocenters. The first-order chi connectivity index (χ1) is 24.3. The van der Waals surface area contributed by atoms with Crippen LogP contribution < -0.4 is 37.0 Å². The second-order valence-electron chi connectivity index (χ2n) is 11.6. The smallest absolute Gasteiger partial charge is 0.286 e. The fourth-order valence-electron chi connectivity index (χ4n) is 5.77. The molecule has 0 atom stereocenters. The molecule has 13 heteroatoms. The van der Waals surface area contributed by atoms with Crippen molar-refractivity contribution in [2.45, 2.75) is 0 Å². The number of rotatable bonds is 8. The number of carbonyl (C=O) groups excluding carboxylic acids is 2. The third-order valence-corrected chi connectivity index (χ3v) is 8.44. The maximum atomic E-state index is 12.7. The number of hydrogen-bond donors (Lipinski definition) is 4. The summed E-state index contributed by atoms with van der Waals surface area (Å²) in [4.78, 5) is 25.5. The Labute approximate surface area is 302 Å². The number of aromatic nitrogens is 4. The van der Waals surface area contributed by atoms with Crippen LogP contribution in [-0.4, -0.2) is 43.3 Å². The number of nitrogens with one attached hydrogen (secondary N) is 2. The molecule has 0 bridgehead atoms. The van der Waals surface area contributed by atoms with Crippen LogP contribution in [0.25, 0.3) is 33.8 Å². The molecule has 2 amide bonds. The molecule has 0 aliphatic heterocycles. The number of halogens is 1. The molecular formula is C38H32BrN8O4+. The van der Waals surface area contributed by atoms with Crippen LogP contribution in [0.4, 0.5) is 0 Å². The molecule has 12 nitrogen and oxygen atoms in total. The molecule has 3 aromatic carbocycles. The number of benzene rings is 3. The Bertz CT molecular complexity index is 2290. The first-order valence-corrected chi connectivity index (χ1v) is 15.6. The van der Waals surface area contributed by atoms with Crippen molar-refractivity contribution in [3.8, 4) is 34.0 Å². The molecule has 7 aromatic rings. The Morgan fingerprint density at radius 3 is 1.39 bits per heavy atom. The minimum Gasteiger partial charge on any atom is -1.00 e. The second kappa shape index (κ2) is 14.5. The number of pyridine rings is 2. The maximum absolute atomic E-state index is 12.7. The maximum Gasteiger partial charge on any atom is 0.286 e. The van der Waals surface area contributed by atoms with Crippen molar-refractivity contribution < 1.29 is 45.9 Å². The summed E-state index contributed by atoms with van der Waals surface area (Å²) in [6.45, 7) is 0. The molecule has 254 valence electrons. The van der Waals surface area contributed by atoms with Crippen molar-refractivity contribution in [1.82, 2.24) is 19.7 Å². The van der Waals surface area contributed by atoms with Gasteiger partial charge in [-0.1, -0.05) is 36.4 Å². The van der Waals surface area contributed by atoms with E-state index in [0.29, 0.717) is 0 Å². The number of nitrogens with zero attached hydrogens (tertiary/aromatic N) is 6. The third kappa shape index (κ3) is 6.96. The van der Waals surface area contributed by atoms with Crippen molar-refractivity contribution in [1.29, 1.82) is 0 Å². The van der Waals surface area contributed by atoms with Crippen molar-refractivity contribution in [3.05, 3.63) is 144 Å². The van der Waals surface area contributed by atoms with Gasteiger partial charge in [-0.3, -0.25) is 9.59 Å². The minimum absolute atomic E-state index is 0. The molecule has 0 fully saturated rings. The van der Waals surface area contributed by atoms with Crippen molar-refractivity contribution in [2.24, 2.45) is 24.3 Å². The normalized spacial score (nSPS) is 11.3. The molecule has 0 saturated heterocycles. The average Bonchev–Trinajstić information content (AvgIpc) is 3.65. The number of hydrazone groups is 2. The highest BCUT2D eigenvalue weighted by Gasteiger charge is 2.20. The van der Waals surface area contributed by atoms with E-state index in [1.807, 2.05) is 120 Å². The molecule has 0 spiro atoms.